The van der Waals surface area contributed by atoms with Gasteiger partial charge in [0.15, 0.2) is 0 Å². The highest BCUT2D eigenvalue weighted by Gasteiger charge is 2.26. The van der Waals surface area contributed by atoms with Gasteiger partial charge in [-0.25, -0.2) is 0 Å². The van der Waals surface area contributed by atoms with Crippen LogP contribution in [0.1, 0.15) is 31.7 Å². The lowest BCUT2D eigenvalue weighted by atomic mass is 10.1. The largest absolute Gasteiger partial charge is 0.497 e. The number of esters is 1. The fraction of sp³-hybridized carbons (Fsp3) is 0.579. The summed E-state index contributed by atoms with van der Waals surface area (Å²) in [7, 11) is 3.56. The van der Waals surface area contributed by atoms with Crippen molar-refractivity contribution in [2.45, 2.75) is 38.8 Å². The molecule has 6 nitrogen and oxygen atoms in total. The molecule has 1 atom stereocenters. The van der Waals surface area contributed by atoms with E-state index in [1.807, 2.05) is 41.1 Å². The zero-order chi connectivity index (χ0) is 18.2. The van der Waals surface area contributed by atoms with Crippen molar-refractivity contribution in [3.8, 4) is 5.75 Å². The molecular weight excluding hydrogens is 320 g/mol. The number of hydrogen-bond donors (Lipinski definition) is 0. The van der Waals surface area contributed by atoms with Crippen LogP contribution in [0.4, 0.5) is 0 Å². The molecule has 1 saturated heterocycles. The second kappa shape index (κ2) is 9.42. The van der Waals surface area contributed by atoms with Crippen molar-refractivity contribution >= 4 is 11.9 Å². The van der Waals surface area contributed by atoms with Crippen LogP contribution < -0.4 is 4.74 Å². The molecule has 1 amide bonds. The van der Waals surface area contributed by atoms with Crippen LogP contribution in [0.15, 0.2) is 24.3 Å². The number of hydrogen-bond acceptors (Lipinski definition) is 5. The average Bonchev–Trinajstić information content (AvgIpc) is 2.77. The second-order valence-corrected chi connectivity index (χ2v) is 6.37. The van der Waals surface area contributed by atoms with E-state index in [9.17, 15) is 9.59 Å². The average molecular weight is 348 g/mol. The van der Waals surface area contributed by atoms with Gasteiger partial charge in [-0.1, -0.05) is 12.1 Å². The number of nitrogens with zero attached hydrogens (tertiary/aromatic N) is 2. The third-order valence-corrected chi connectivity index (χ3v) is 4.59. The number of rotatable bonds is 7. The van der Waals surface area contributed by atoms with Gasteiger partial charge in [0.2, 0.25) is 5.91 Å². The third-order valence-electron chi connectivity index (χ3n) is 4.59. The maximum absolute atomic E-state index is 12.5. The van der Waals surface area contributed by atoms with Crippen LogP contribution in [-0.4, -0.2) is 61.6 Å². The number of benzene rings is 1. The summed E-state index contributed by atoms with van der Waals surface area (Å²) in [6.07, 6.45) is 2.12. The number of carbonyl (C=O) groups is 2. The number of methoxy groups -OCH3 is 1. The number of ether oxygens (including phenoxy) is 2. The molecule has 138 valence electrons. The van der Waals surface area contributed by atoms with Gasteiger partial charge in [0.25, 0.3) is 0 Å². The first-order chi connectivity index (χ1) is 12.0. The van der Waals surface area contributed by atoms with Gasteiger partial charge in [-0.15, -0.1) is 0 Å². The van der Waals surface area contributed by atoms with Crippen molar-refractivity contribution in [3.63, 3.8) is 0 Å². The van der Waals surface area contributed by atoms with Crippen LogP contribution in [0.25, 0.3) is 0 Å². The summed E-state index contributed by atoms with van der Waals surface area (Å²) < 4.78 is 10.3. The molecule has 0 N–H and O–H groups in total. The number of likely N-dealkylation sites (N-methyl/N-ethyl adjacent to an activating group) is 1. The molecule has 0 spiro atoms. The van der Waals surface area contributed by atoms with Crippen LogP contribution in [-0.2, 0) is 20.9 Å². The summed E-state index contributed by atoms with van der Waals surface area (Å²) in [6, 6.07) is 8.01. The molecule has 1 aliphatic heterocycles. The Morgan fingerprint density at radius 1 is 1.36 bits per heavy atom. The normalized spacial score (nSPS) is 18.2. The standard InChI is InChI=1S/C19H28N2O4/c1-4-25-19(23)14-20(2)16-8-9-18(22)21(11-10-16)13-15-6-5-7-17(12-15)24-3/h5-7,12,16H,4,8-11,13-14H2,1-3H3. The summed E-state index contributed by atoms with van der Waals surface area (Å²) in [6.45, 7) is 3.74. The number of amides is 1. The van der Waals surface area contributed by atoms with E-state index < -0.39 is 0 Å². The van der Waals surface area contributed by atoms with E-state index in [1.165, 1.54) is 0 Å². The van der Waals surface area contributed by atoms with Crippen LogP contribution in [0, 0.1) is 0 Å². The highest BCUT2D eigenvalue weighted by atomic mass is 16.5. The lowest BCUT2D eigenvalue weighted by molar-refractivity contribution is -0.144. The van der Waals surface area contributed by atoms with Crippen molar-refractivity contribution in [2.24, 2.45) is 0 Å². The summed E-state index contributed by atoms with van der Waals surface area (Å²) in [5.41, 5.74) is 1.06. The van der Waals surface area contributed by atoms with Crippen LogP contribution in [0.2, 0.25) is 0 Å². The van der Waals surface area contributed by atoms with Gasteiger partial charge in [-0.3, -0.25) is 14.5 Å². The van der Waals surface area contributed by atoms with Gasteiger partial charge < -0.3 is 14.4 Å². The van der Waals surface area contributed by atoms with Crippen LogP contribution in [0.5, 0.6) is 5.75 Å². The molecular formula is C19H28N2O4. The molecule has 0 aliphatic carbocycles. The van der Waals surface area contributed by atoms with E-state index in [0.29, 0.717) is 26.1 Å². The first-order valence-corrected chi connectivity index (χ1v) is 8.80. The van der Waals surface area contributed by atoms with Gasteiger partial charge in [0.05, 0.1) is 20.3 Å². The van der Waals surface area contributed by atoms with E-state index in [0.717, 1.165) is 24.2 Å². The van der Waals surface area contributed by atoms with Crippen LogP contribution >= 0.6 is 0 Å². The molecule has 1 aromatic carbocycles. The van der Waals surface area contributed by atoms with Crippen molar-refractivity contribution in [1.29, 1.82) is 0 Å². The SMILES string of the molecule is CCOC(=O)CN(C)C1CCC(=O)N(Cc2cccc(OC)c2)CC1. The van der Waals surface area contributed by atoms with Gasteiger partial charge in [0, 0.05) is 25.6 Å². The van der Waals surface area contributed by atoms with Crippen molar-refractivity contribution in [2.75, 3.05) is 33.9 Å². The van der Waals surface area contributed by atoms with Gasteiger partial charge >= 0.3 is 5.97 Å². The van der Waals surface area contributed by atoms with Gasteiger partial charge in [-0.05, 0) is 44.5 Å². The smallest absolute Gasteiger partial charge is 0.320 e. The summed E-state index contributed by atoms with van der Waals surface area (Å²) >= 11 is 0. The molecule has 1 fully saturated rings. The first-order valence-electron chi connectivity index (χ1n) is 8.80. The molecule has 6 heteroatoms. The van der Waals surface area contributed by atoms with E-state index >= 15 is 0 Å². The first kappa shape index (κ1) is 19.2. The minimum absolute atomic E-state index is 0.162. The lowest BCUT2D eigenvalue weighted by Gasteiger charge is -2.26. The van der Waals surface area contributed by atoms with Gasteiger partial charge in [-0.2, -0.15) is 0 Å². The Labute approximate surface area is 149 Å². The maximum atomic E-state index is 12.5. The highest BCUT2D eigenvalue weighted by Crippen LogP contribution is 2.20. The molecule has 1 unspecified atom stereocenters. The lowest BCUT2D eigenvalue weighted by Crippen LogP contribution is -2.37. The van der Waals surface area contributed by atoms with E-state index in [1.54, 1.807) is 14.0 Å². The summed E-state index contributed by atoms with van der Waals surface area (Å²) in [5, 5.41) is 0. The summed E-state index contributed by atoms with van der Waals surface area (Å²) in [5.74, 6) is 0.746. The molecule has 1 aromatic rings. The Morgan fingerprint density at radius 3 is 2.88 bits per heavy atom. The Kier molecular flexibility index (Phi) is 7.25. The fourth-order valence-electron chi connectivity index (χ4n) is 3.16. The van der Waals surface area contributed by atoms with Crippen molar-refractivity contribution < 1.29 is 19.1 Å². The van der Waals surface area contributed by atoms with Crippen molar-refractivity contribution in [1.82, 2.24) is 9.80 Å². The second-order valence-electron chi connectivity index (χ2n) is 6.37. The Hall–Kier alpha value is -2.08. The van der Waals surface area contributed by atoms with E-state index in [-0.39, 0.29) is 24.5 Å². The minimum atomic E-state index is -0.214. The molecule has 0 radical (unpaired) electrons. The topological polar surface area (TPSA) is 59.1 Å². The predicted octanol–water partition coefficient (Wildman–Crippen LogP) is 2.07. The number of carbonyl (C=O) groups excluding carboxylic acids is 2. The molecule has 2 rings (SSSR count). The fourth-order valence-corrected chi connectivity index (χ4v) is 3.16. The van der Waals surface area contributed by atoms with E-state index in [2.05, 4.69) is 0 Å². The monoisotopic (exact) mass is 348 g/mol. The molecule has 1 aliphatic rings. The zero-order valence-corrected chi connectivity index (χ0v) is 15.4. The van der Waals surface area contributed by atoms with Gasteiger partial charge in [0.1, 0.15) is 5.75 Å². The summed E-state index contributed by atoms with van der Waals surface area (Å²) in [4.78, 5) is 28.0. The van der Waals surface area contributed by atoms with Crippen molar-refractivity contribution in [3.05, 3.63) is 29.8 Å². The molecule has 0 saturated carbocycles. The quantitative estimate of drug-likeness (QED) is 0.706. The molecule has 25 heavy (non-hydrogen) atoms. The molecule has 1 heterocycles. The molecule has 0 aromatic heterocycles. The Bertz CT molecular complexity index is 591. The Morgan fingerprint density at radius 2 is 2.16 bits per heavy atom. The van der Waals surface area contributed by atoms with E-state index in [4.69, 9.17) is 9.47 Å². The maximum Gasteiger partial charge on any atom is 0.320 e. The van der Waals surface area contributed by atoms with Crippen LogP contribution in [0.3, 0.4) is 0 Å². The minimum Gasteiger partial charge on any atom is -0.497 e. The Balaban J connectivity index is 1.93. The number of likely N-dealkylation sites (tertiary alicyclic amines) is 1. The highest BCUT2D eigenvalue weighted by molar-refractivity contribution is 5.76. The third kappa shape index (κ3) is 5.74. The molecule has 0 bridgehead atoms. The zero-order valence-electron chi connectivity index (χ0n) is 15.4. The predicted molar refractivity (Wildman–Crippen MR) is 95.3 cm³/mol.